The predicted octanol–water partition coefficient (Wildman–Crippen LogP) is -6.62. The lowest BCUT2D eigenvalue weighted by atomic mass is 9.83. The molecule has 0 unspecified atom stereocenters. The first kappa shape index (κ1) is 21.6. The Morgan fingerprint density at radius 2 is 0.667 bits per heavy atom. The van der Waals surface area contributed by atoms with Gasteiger partial charge in [-0.3, -0.25) is 0 Å². The van der Waals surface area contributed by atoms with Crippen molar-refractivity contribution < 1.29 is 61.3 Å². The molecule has 2 rings (SSSR count). The molecule has 12 nitrogen and oxygen atoms in total. The van der Waals surface area contributed by atoms with Crippen molar-refractivity contribution in [2.75, 3.05) is 0 Å². The van der Waals surface area contributed by atoms with Crippen LogP contribution < -0.4 is 0 Å². The maximum atomic E-state index is 8.99. The Kier molecular flexibility index (Phi) is 6.31. The molecule has 144 valence electrons. The normalized spacial score (nSPS) is 43.5. The Morgan fingerprint density at radius 3 is 0.833 bits per heavy atom. The average molecular weight is 360 g/mol. The van der Waals surface area contributed by atoms with Gasteiger partial charge in [0.2, 0.25) is 11.6 Å². The van der Waals surface area contributed by atoms with Crippen LogP contribution in [0.25, 0.3) is 0 Å². The lowest BCUT2D eigenvalue weighted by molar-refractivity contribution is -0.466. The topological polar surface area (TPSA) is 243 Å². The molecule has 0 aromatic carbocycles. The molecular formula is C12H24O12. The molecule has 2 aliphatic rings. The van der Waals surface area contributed by atoms with Crippen LogP contribution in [-0.2, 0) is 0 Å². The van der Waals surface area contributed by atoms with Gasteiger partial charge >= 0.3 is 0 Å². The summed E-state index contributed by atoms with van der Waals surface area (Å²) in [6.07, 6.45) is -10.4. The van der Waals surface area contributed by atoms with Gasteiger partial charge in [0.05, 0.1) is 0 Å². The second-order valence-corrected chi connectivity index (χ2v) is 6.10. The van der Waals surface area contributed by atoms with Gasteiger partial charge in [0.1, 0.15) is 36.6 Å². The number of hydrogen-bond acceptors (Lipinski definition) is 12. The molecule has 0 bridgehead atoms. The van der Waals surface area contributed by atoms with Gasteiger partial charge in [-0.1, -0.05) is 0 Å². The van der Waals surface area contributed by atoms with Crippen LogP contribution in [0.1, 0.15) is 19.3 Å². The number of aliphatic hydroxyl groups excluding tert-OH is 6. The van der Waals surface area contributed by atoms with Gasteiger partial charge in [-0.2, -0.15) is 0 Å². The van der Waals surface area contributed by atoms with E-state index in [-0.39, 0.29) is 19.3 Å². The van der Waals surface area contributed by atoms with Gasteiger partial charge in [-0.05, 0) is 6.42 Å². The van der Waals surface area contributed by atoms with Crippen molar-refractivity contribution in [3.05, 3.63) is 0 Å². The van der Waals surface area contributed by atoms with Crippen molar-refractivity contribution >= 4 is 0 Å². The maximum Gasteiger partial charge on any atom is 0.274 e. The highest BCUT2D eigenvalue weighted by Crippen LogP contribution is 2.39. The van der Waals surface area contributed by atoms with Gasteiger partial charge in [0, 0.05) is 12.8 Å². The molecule has 0 amide bonds. The van der Waals surface area contributed by atoms with E-state index >= 15 is 0 Å². The van der Waals surface area contributed by atoms with Crippen LogP contribution in [0.15, 0.2) is 0 Å². The van der Waals surface area contributed by atoms with Crippen molar-refractivity contribution in [1.82, 2.24) is 0 Å². The third kappa shape index (κ3) is 3.70. The molecule has 0 saturated heterocycles. The third-order valence-corrected chi connectivity index (χ3v) is 4.27. The van der Waals surface area contributed by atoms with Crippen LogP contribution >= 0.6 is 0 Å². The van der Waals surface area contributed by atoms with E-state index in [1.807, 2.05) is 0 Å². The average Bonchev–Trinajstić information content (AvgIpc) is 2.48. The molecule has 2 saturated carbocycles. The van der Waals surface area contributed by atoms with E-state index in [1.54, 1.807) is 0 Å². The summed E-state index contributed by atoms with van der Waals surface area (Å²) in [5.74, 6) is -9.07. The Hall–Kier alpha value is -0.480. The Bertz CT molecular complexity index is 348. The maximum absolute atomic E-state index is 8.99. The predicted molar refractivity (Wildman–Crippen MR) is 71.4 cm³/mol. The Labute approximate surface area is 135 Å². The third-order valence-electron chi connectivity index (χ3n) is 4.27. The fourth-order valence-corrected chi connectivity index (χ4v) is 2.46. The van der Waals surface area contributed by atoms with Gasteiger partial charge in [0.15, 0.2) is 0 Å². The molecule has 0 aliphatic heterocycles. The van der Waals surface area contributed by atoms with Crippen LogP contribution in [-0.4, -0.2) is 115 Å². The zero-order chi connectivity index (χ0) is 19.1. The summed E-state index contributed by atoms with van der Waals surface area (Å²) in [4.78, 5) is 0. The molecule has 12 N–H and O–H groups in total. The minimum atomic E-state index is -3.31. The second kappa shape index (κ2) is 7.03. The van der Waals surface area contributed by atoms with E-state index < -0.39 is 54.0 Å². The largest absolute Gasteiger partial charge is 0.387 e. The summed E-state index contributed by atoms with van der Waals surface area (Å²) in [5.41, 5.74) is 0. The zero-order valence-corrected chi connectivity index (χ0v) is 12.5. The highest BCUT2D eigenvalue weighted by Gasteiger charge is 2.63. The number of hydrogen-bond donors (Lipinski definition) is 12. The van der Waals surface area contributed by atoms with E-state index in [1.165, 1.54) is 0 Å². The molecule has 12 heteroatoms. The van der Waals surface area contributed by atoms with E-state index in [9.17, 15) is 0 Å². The van der Waals surface area contributed by atoms with Crippen molar-refractivity contribution in [2.24, 2.45) is 0 Å². The van der Waals surface area contributed by atoms with Crippen LogP contribution in [0, 0.1) is 0 Å². The van der Waals surface area contributed by atoms with Crippen LogP contribution in [0.4, 0.5) is 0 Å². The summed E-state index contributed by atoms with van der Waals surface area (Å²) in [5, 5.41) is 108. The molecule has 2 fully saturated rings. The molecule has 0 aromatic heterocycles. The smallest absolute Gasteiger partial charge is 0.274 e. The van der Waals surface area contributed by atoms with Crippen LogP contribution in [0.2, 0.25) is 0 Å². The summed E-state index contributed by atoms with van der Waals surface area (Å²) in [6, 6.07) is 0. The fraction of sp³-hybridized carbons (Fsp3) is 1.00. The monoisotopic (exact) mass is 360 g/mol. The van der Waals surface area contributed by atoms with E-state index in [2.05, 4.69) is 0 Å². The van der Waals surface area contributed by atoms with Gasteiger partial charge in [-0.25, -0.2) is 0 Å². The first-order chi connectivity index (χ1) is 10.7. The van der Waals surface area contributed by atoms with E-state index in [4.69, 9.17) is 61.3 Å². The second-order valence-electron chi connectivity index (χ2n) is 6.10. The first-order valence-electron chi connectivity index (χ1n) is 7.10. The van der Waals surface area contributed by atoms with Crippen molar-refractivity contribution in [2.45, 2.75) is 73.2 Å². The molecule has 0 aromatic rings. The molecule has 0 heterocycles. The summed E-state index contributed by atoms with van der Waals surface area (Å²) >= 11 is 0. The van der Waals surface area contributed by atoms with E-state index in [0.29, 0.717) is 0 Å². The van der Waals surface area contributed by atoms with Gasteiger partial charge in [0.25, 0.3) is 5.79 Å². The van der Waals surface area contributed by atoms with Crippen molar-refractivity contribution in [3.63, 3.8) is 0 Å². The standard InChI is InChI=1S/2C6H12O6/c7-4(8)2-1-3-5(9,10)6(4,11)12;7-1-2(8)4(10)6(12)5(11)3(1)9/h7-12H,1-3H2;1-12H. The van der Waals surface area contributed by atoms with Crippen molar-refractivity contribution in [3.8, 4) is 0 Å². The molecule has 24 heavy (non-hydrogen) atoms. The summed E-state index contributed by atoms with van der Waals surface area (Å²) in [7, 11) is 0. The number of aliphatic hydroxyl groups is 12. The molecule has 2 aliphatic carbocycles. The number of rotatable bonds is 0. The highest BCUT2D eigenvalue weighted by molar-refractivity contribution is 4.98. The quantitative estimate of drug-likeness (QED) is 0.180. The fourth-order valence-electron chi connectivity index (χ4n) is 2.46. The SMILES string of the molecule is OC1(O)CCCC(O)(O)C1(O)O.OC1C(O)C(O)C(O)C(O)C1O. The summed E-state index contributed by atoms with van der Waals surface area (Å²) < 4.78 is 0. The van der Waals surface area contributed by atoms with Gasteiger partial charge < -0.3 is 61.3 Å². The first-order valence-corrected chi connectivity index (χ1v) is 7.10. The molecule has 0 spiro atoms. The zero-order valence-electron chi connectivity index (χ0n) is 12.5. The molecule has 0 atom stereocenters. The lowest BCUT2D eigenvalue weighted by Crippen LogP contribution is -2.70. The van der Waals surface area contributed by atoms with Crippen LogP contribution in [0.3, 0.4) is 0 Å². The minimum absolute atomic E-state index is 0.0862. The van der Waals surface area contributed by atoms with Crippen LogP contribution in [0.5, 0.6) is 0 Å². The molecular weight excluding hydrogens is 336 g/mol. The minimum Gasteiger partial charge on any atom is -0.387 e. The Morgan fingerprint density at radius 1 is 0.458 bits per heavy atom. The highest BCUT2D eigenvalue weighted by atomic mass is 16.7. The Balaban J connectivity index is 0.000000240. The van der Waals surface area contributed by atoms with E-state index in [0.717, 1.165) is 0 Å². The van der Waals surface area contributed by atoms with Gasteiger partial charge in [-0.15, -0.1) is 0 Å². The lowest BCUT2D eigenvalue weighted by Gasteiger charge is -2.46. The summed E-state index contributed by atoms with van der Waals surface area (Å²) in [6.45, 7) is 0. The van der Waals surface area contributed by atoms with Crippen molar-refractivity contribution in [1.29, 1.82) is 0 Å². The molecule has 0 radical (unpaired) electrons.